The zero-order chi connectivity index (χ0) is 4.50. The molecule has 5 nitrogen and oxygen atoms in total. The summed E-state index contributed by atoms with van der Waals surface area (Å²) in [7, 11) is -4.67. The van der Waals surface area contributed by atoms with Gasteiger partial charge in [-0.2, -0.15) is 8.42 Å². The van der Waals surface area contributed by atoms with Gasteiger partial charge >= 0.3 is 40.0 Å². The smallest absolute Gasteiger partial charge is 1.00 e. The molecule has 0 aromatic rings. The largest absolute Gasteiger partial charge is 1.00 e. The Balaban J connectivity index is -0.0000000267. The molecule has 0 unspecified atom stereocenters. The minimum atomic E-state index is -4.67. The van der Waals surface area contributed by atoms with Crippen molar-refractivity contribution >= 4 is 10.4 Å². The van der Waals surface area contributed by atoms with Gasteiger partial charge in [0.15, 0.2) is 0 Å². The van der Waals surface area contributed by atoms with E-state index < -0.39 is 10.4 Å². The molecule has 0 saturated heterocycles. The summed E-state index contributed by atoms with van der Waals surface area (Å²) in [5.74, 6) is 0. The maximum absolute atomic E-state index is 8.74. The second-order valence-electron chi connectivity index (χ2n) is 0.448. The van der Waals surface area contributed by atoms with Crippen LogP contribution in [-0.2, 0) is 10.4 Å². The third kappa shape index (κ3) is 231. The molecular weight excluding hydrogens is 133 g/mol. The van der Waals surface area contributed by atoms with Gasteiger partial charge in [-0.1, -0.05) is 0 Å². The quantitative estimate of drug-likeness (QED) is 0.239. The minimum absolute atomic E-state index is 0. The third-order valence-corrected chi connectivity index (χ3v) is 0. The molecule has 0 aliphatic heterocycles. The molecule has 0 heterocycles. The molecule has 0 saturated carbocycles. The van der Waals surface area contributed by atoms with E-state index in [9.17, 15) is 0 Å². The van der Waals surface area contributed by atoms with Crippen LogP contribution in [0.2, 0.25) is 0 Å². The first kappa shape index (κ1) is 15.7. The van der Waals surface area contributed by atoms with Gasteiger partial charge in [-0.15, -0.1) is 0 Å². The first-order valence-corrected chi connectivity index (χ1v) is 2.10. The summed E-state index contributed by atoms with van der Waals surface area (Å²) >= 11 is 0. The van der Waals surface area contributed by atoms with Crippen molar-refractivity contribution in [2.45, 2.75) is 0 Å². The minimum Gasteiger partial charge on any atom is -1.00 e. The van der Waals surface area contributed by atoms with Crippen molar-refractivity contribution < 1.29 is 48.5 Å². The Bertz CT molecular complexity index is 99.2. The fourth-order valence-electron chi connectivity index (χ4n) is 0. The molecular formula is H6NNaO4S. The van der Waals surface area contributed by atoms with Crippen molar-refractivity contribution in [1.29, 1.82) is 0 Å². The van der Waals surface area contributed by atoms with E-state index in [1.54, 1.807) is 0 Å². The maximum atomic E-state index is 8.74. The van der Waals surface area contributed by atoms with Gasteiger partial charge in [0.05, 0.1) is 0 Å². The SMILES string of the molecule is N.O=S(=O)(O)O.[H-].[Na+]. The summed E-state index contributed by atoms with van der Waals surface area (Å²) in [5.41, 5.74) is 0. The maximum Gasteiger partial charge on any atom is 1.00 e. The van der Waals surface area contributed by atoms with Crippen molar-refractivity contribution in [1.82, 2.24) is 6.15 Å². The molecule has 0 aromatic heterocycles. The molecule has 0 rings (SSSR count). The standard InChI is InChI=1S/H3N.Na.H2O4S.H/c;;1-5(2,3)4;/h1H3;;(H2,1,2,3,4);/q;+1;;-1. The second-order valence-corrected chi connectivity index (χ2v) is 1.34. The molecule has 7 heavy (non-hydrogen) atoms. The van der Waals surface area contributed by atoms with Gasteiger partial charge in [0.1, 0.15) is 0 Å². The Hall–Kier alpha value is 0.830. The fraction of sp³-hybridized carbons (Fsp3) is 0. The zero-order valence-electron chi connectivity index (χ0n) is 4.83. The van der Waals surface area contributed by atoms with E-state index in [4.69, 9.17) is 17.5 Å². The van der Waals surface area contributed by atoms with Gasteiger partial charge in [-0.05, 0) is 0 Å². The Kier molecular flexibility index (Phi) is 11.1. The van der Waals surface area contributed by atoms with Crippen LogP contribution in [-0.4, -0.2) is 17.5 Å². The molecule has 0 amide bonds. The number of hydrogen-bond acceptors (Lipinski definition) is 3. The van der Waals surface area contributed by atoms with E-state index in [1.165, 1.54) is 0 Å². The summed E-state index contributed by atoms with van der Waals surface area (Å²) in [6, 6.07) is 0. The van der Waals surface area contributed by atoms with E-state index in [-0.39, 0.29) is 37.1 Å². The van der Waals surface area contributed by atoms with Gasteiger partial charge in [-0.25, -0.2) is 0 Å². The van der Waals surface area contributed by atoms with E-state index in [0.717, 1.165) is 0 Å². The van der Waals surface area contributed by atoms with Crippen LogP contribution in [0.3, 0.4) is 0 Å². The van der Waals surface area contributed by atoms with Crippen molar-refractivity contribution in [3.63, 3.8) is 0 Å². The Labute approximate surface area is 65.0 Å². The zero-order valence-corrected chi connectivity index (χ0v) is 6.64. The predicted octanol–water partition coefficient (Wildman–Crippen LogP) is -3.37. The van der Waals surface area contributed by atoms with E-state index in [1.807, 2.05) is 0 Å². The first-order chi connectivity index (χ1) is 2.00. The normalized spacial score (nSPS) is 8.29. The van der Waals surface area contributed by atoms with Crippen molar-refractivity contribution in [2.75, 3.05) is 0 Å². The molecule has 0 bridgehead atoms. The van der Waals surface area contributed by atoms with E-state index in [2.05, 4.69) is 0 Å². The third-order valence-electron chi connectivity index (χ3n) is 0. The molecule has 0 aromatic carbocycles. The van der Waals surface area contributed by atoms with E-state index >= 15 is 0 Å². The van der Waals surface area contributed by atoms with Gasteiger partial charge in [0, 0.05) is 0 Å². The molecule has 7 heteroatoms. The van der Waals surface area contributed by atoms with Crippen LogP contribution < -0.4 is 35.7 Å². The van der Waals surface area contributed by atoms with Crippen LogP contribution in [0, 0.1) is 0 Å². The molecule has 0 spiro atoms. The summed E-state index contributed by atoms with van der Waals surface area (Å²) in [6.07, 6.45) is 0. The second kappa shape index (κ2) is 4.98. The average Bonchev–Trinajstić information content (AvgIpc) is 0.722. The summed E-state index contributed by atoms with van der Waals surface area (Å²) in [6.45, 7) is 0. The Morgan fingerprint density at radius 2 is 1.29 bits per heavy atom. The van der Waals surface area contributed by atoms with Crippen molar-refractivity contribution in [3.05, 3.63) is 0 Å². The van der Waals surface area contributed by atoms with Crippen molar-refractivity contribution in [3.8, 4) is 0 Å². The van der Waals surface area contributed by atoms with Crippen LogP contribution in [0.15, 0.2) is 0 Å². The molecule has 0 aliphatic carbocycles. The van der Waals surface area contributed by atoms with Crippen LogP contribution in [0.4, 0.5) is 0 Å². The molecule has 0 aliphatic rings. The average molecular weight is 139 g/mol. The summed E-state index contributed by atoms with van der Waals surface area (Å²) in [4.78, 5) is 0. The van der Waals surface area contributed by atoms with Crippen LogP contribution in [0.1, 0.15) is 1.43 Å². The molecule has 42 valence electrons. The van der Waals surface area contributed by atoms with Crippen LogP contribution in [0.25, 0.3) is 0 Å². The molecule has 0 atom stereocenters. The predicted molar refractivity (Wildman–Crippen MR) is 20.3 cm³/mol. The summed E-state index contributed by atoms with van der Waals surface area (Å²) < 4.78 is 31.6. The molecule has 0 fully saturated rings. The monoisotopic (exact) mass is 139 g/mol. The fourth-order valence-corrected chi connectivity index (χ4v) is 0. The van der Waals surface area contributed by atoms with Gasteiger partial charge in [-0.3, -0.25) is 9.11 Å². The molecule has 0 radical (unpaired) electrons. The van der Waals surface area contributed by atoms with Gasteiger partial charge < -0.3 is 7.58 Å². The summed E-state index contributed by atoms with van der Waals surface area (Å²) in [5, 5.41) is 0. The van der Waals surface area contributed by atoms with Crippen molar-refractivity contribution in [2.24, 2.45) is 0 Å². The number of hydrogen-bond donors (Lipinski definition) is 3. The van der Waals surface area contributed by atoms with Gasteiger partial charge in [0.2, 0.25) is 0 Å². The van der Waals surface area contributed by atoms with Crippen LogP contribution in [0.5, 0.6) is 0 Å². The Morgan fingerprint density at radius 1 is 1.29 bits per heavy atom. The number of rotatable bonds is 0. The topological polar surface area (TPSA) is 110 Å². The molecule has 5 N–H and O–H groups in total. The van der Waals surface area contributed by atoms with Gasteiger partial charge in [0.25, 0.3) is 0 Å². The van der Waals surface area contributed by atoms with E-state index in [0.29, 0.717) is 0 Å². The Morgan fingerprint density at radius 3 is 1.29 bits per heavy atom. The first-order valence-electron chi connectivity index (χ1n) is 0.698. The van der Waals surface area contributed by atoms with Crippen LogP contribution >= 0.6 is 0 Å².